The fraction of sp³-hybridized carbons (Fsp3) is 0.267. The van der Waals surface area contributed by atoms with Crippen molar-refractivity contribution in [3.8, 4) is 0 Å². The first-order chi connectivity index (χ1) is 8.09. The lowest BCUT2D eigenvalue weighted by Crippen LogP contribution is -2.13. The summed E-state index contributed by atoms with van der Waals surface area (Å²) >= 11 is 0. The average Bonchev–Trinajstić information content (AvgIpc) is 2.27. The molecule has 0 radical (unpaired) electrons. The Morgan fingerprint density at radius 3 is 2.53 bits per heavy atom. The molecule has 0 N–H and O–H groups in total. The molecule has 17 heavy (non-hydrogen) atoms. The SMILES string of the molecule is Cc1ccc2ccccc2c1C(=O)OC(C)C. The van der Waals surface area contributed by atoms with Crippen LogP contribution in [0.4, 0.5) is 0 Å². The highest BCUT2D eigenvalue weighted by molar-refractivity contribution is 6.05. The van der Waals surface area contributed by atoms with Gasteiger partial charge in [-0.25, -0.2) is 4.79 Å². The smallest absolute Gasteiger partial charge is 0.339 e. The van der Waals surface area contributed by atoms with Crippen molar-refractivity contribution in [2.24, 2.45) is 0 Å². The van der Waals surface area contributed by atoms with Gasteiger partial charge < -0.3 is 4.74 Å². The summed E-state index contributed by atoms with van der Waals surface area (Å²) in [6.45, 7) is 5.65. The van der Waals surface area contributed by atoms with Crippen LogP contribution in [0.2, 0.25) is 0 Å². The Bertz CT molecular complexity index is 556. The predicted octanol–water partition coefficient (Wildman–Crippen LogP) is 3.71. The molecule has 0 spiro atoms. The third-order valence-corrected chi connectivity index (χ3v) is 2.68. The van der Waals surface area contributed by atoms with Crippen LogP contribution in [0.1, 0.15) is 29.8 Å². The molecule has 0 heterocycles. The van der Waals surface area contributed by atoms with Gasteiger partial charge in [-0.05, 0) is 37.1 Å². The van der Waals surface area contributed by atoms with E-state index in [0.29, 0.717) is 5.56 Å². The van der Waals surface area contributed by atoms with Crippen molar-refractivity contribution >= 4 is 16.7 Å². The number of aryl methyl sites for hydroxylation is 1. The number of carbonyl (C=O) groups excluding carboxylic acids is 1. The van der Waals surface area contributed by atoms with Crippen LogP contribution in [-0.2, 0) is 4.74 Å². The molecule has 0 aliphatic heterocycles. The summed E-state index contributed by atoms with van der Waals surface area (Å²) in [5.41, 5.74) is 1.63. The van der Waals surface area contributed by atoms with Gasteiger partial charge in [0.25, 0.3) is 0 Å². The van der Waals surface area contributed by atoms with Gasteiger partial charge in [0.05, 0.1) is 11.7 Å². The van der Waals surface area contributed by atoms with Crippen LogP contribution in [0.25, 0.3) is 10.8 Å². The summed E-state index contributed by atoms with van der Waals surface area (Å²) < 4.78 is 5.29. The maximum atomic E-state index is 12.1. The van der Waals surface area contributed by atoms with Gasteiger partial charge in [0, 0.05) is 0 Å². The molecular formula is C15H16O2. The number of hydrogen-bond donors (Lipinski definition) is 0. The van der Waals surface area contributed by atoms with E-state index in [9.17, 15) is 4.79 Å². The summed E-state index contributed by atoms with van der Waals surface area (Å²) in [6, 6.07) is 11.8. The molecule has 2 nitrogen and oxygen atoms in total. The monoisotopic (exact) mass is 228 g/mol. The number of carbonyl (C=O) groups is 1. The zero-order valence-electron chi connectivity index (χ0n) is 10.4. The first-order valence-corrected chi connectivity index (χ1v) is 5.79. The molecule has 0 aliphatic carbocycles. The molecule has 0 saturated carbocycles. The summed E-state index contributed by atoms with van der Waals surface area (Å²) in [7, 11) is 0. The Kier molecular flexibility index (Phi) is 3.14. The molecule has 0 amide bonds. The third kappa shape index (κ3) is 2.31. The van der Waals surface area contributed by atoms with Crippen molar-refractivity contribution < 1.29 is 9.53 Å². The number of esters is 1. The normalized spacial score (nSPS) is 10.8. The maximum absolute atomic E-state index is 12.1. The van der Waals surface area contributed by atoms with E-state index in [-0.39, 0.29) is 12.1 Å². The molecule has 0 fully saturated rings. The standard InChI is InChI=1S/C15H16O2/c1-10(2)17-15(16)14-11(3)8-9-12-6-4-5-7-13(12)14/h4-10H,1-3H3. The van der Waals surface area contributed by atoms with E-state index in [1.165, 1.54) is 0 Å². The van der Waals surface area contributed by atoms with Crippen molar-refractivity contribution in [2.45, 2.75) is 26.9 Å². The van der Waals surface area contributed by atoms with Gasteiger partial charge in [0.2, 0.25) is 0 Å². The minimum Gasteiger partial charge on any atom is -0.459 e. The Morgan fingerprint density at radius 1 is 1.12 bits per heavy atom. The Hall–Kier alpha value is -1.83. The lowest BCUT2D eigenvalue weighted by atomic mass is 10.00. The fourth-order valence-corrected chi connectivity index (χ4v) is 1.92. The van der Waals surface area contributed by atoms with Crippen molar-refractivity contribution in [3.63, 3.8) is 0 Å². The highest BCUT2D eigenvalue weighted by Crippen LogP contribution is 2.23. The minimum absolute atomic E-state index is 0.0964. The maximum Gasteiger partial charge on any atom is 0.339 e. The predicted molar refractivity (Wildman–Crippen MR) is 69.2 cm³/mol. The number of ether oxygens (including phenoxy) is 1. The van der Waals surface area contributed by atoms with Crippen molar-refractivity contribution in [1.29, 1.82) is 0 Å². The van der Waals surface area contributed by atoms with Gasteiger partial charge in [-0.1, -0.05) is 36.4 Å². The molecule has 2 rings (SSSR count). The summed E-state index contributed by atoms with van der Waals surface area (Å²) in [4.78, 5) is 12.1. The van der Waals surface area contributed by atoms with E-state index in [1.807, 2.05) is 57.2 Å². The van der Waals surface area contributed by atoms with E-state index < -0.39 is 0 Å². The summed E-state index contributed by atoms with van der Waals surface area (Å²) in [5.74, 6) is -0.241. The average molecular weight is 228 g/mol. The van der Waals surface area contributed by atoms with Crippen LogP contribution in [0, 0.1) is 6.92 Å². The summed E-state index contributed by atoms with van der Waals surface area (Å²) in [5, 5.41) is 2.02. The topological polar surface area (TPSA) is 26.3 Å². The second-order valence-corrected chi connectivity index (χ2v) is 4.43. The second-order valence-electron chi connectivity index (χ2n) is 4.43. The fourth-order valence-electron chi connectivity index (χ4n) is 1.92. The molecular weight excluding hydrogens is 212 g/mol. The Labute approximate surface area is 101 Å². The molecule has 0 aromatic heterocycles. The number of fused-ring (bicyclic) bond motifs is 1. The van der Waals surface area contributed by atoms with Crippen LogP contribution in [0.3, 0.4) is 0 Å². The van der Waals surface area contributed by atoms with Gasteiger partial charge in [-0.15, -0.1) is 0 Å². The van der Waals surface area contributed by atoms with Crippen LogP contribution >= 0.6 is 0 Å². The van der Waals surface area contributed by atoms with Gasteiger partial charge in [0.1, 0.15) is 0 Å². The quantitative estimate of drug-likeness (QED) is 0.732. The lowest BCUT2D eigenvalue weighted by Gasteiger charge is -2.12. The lowest BCUT2D eigenvalue weighted by molar-refractivity contribution is 0.0379. The number of rotatable bonds is 2. The van der Waals surface area contributed by atoms with Gasteiger partial charge in [-0.2, -0.15) is 0 Å². The van der Waals surface area contributed by atoms with Gasteiger partial charge in [-0.3, -0.25) is 0 Å². The Morgan fingerprint density at radius 2 is 1.82 bits per heavy atom. The largest absolute Gasteiger partial charge is 0.459 e. The molecule has 0 unspecified atom stereocenters. The van der Waals surface area contributed by atoms with Gasteiger partial charge >= 0.3 is 5.97 Å². The second kappa shape index (κ2) is 4.58. The number of benzene rings is 2. The van der Waals surface area contributed by atoms with Crippen molar-refractivity contribution in [2.75, 3.05) is 0 Å². The first kappa shape index (κ1) is 11.6. The van der Waals surface area contributed by atoms with Gasteiger partial charge in [0.15, 0.2) is 0 Å². The zero-order chi connectivity index (χ0) is 12.4. The van der Waals surface area contributed by atoms with E-state index in [0.717, 1.165) is 16.3 Å². The highest BCUT2D eigenvalue weighted by Gasteiger charge is 2.15. The molecule has 2 aromatic carbocycles. The molecule has 0 atom stereocenters. The number of hydrogen-bond acceptors (Lipinski definition) is 2. The zero-order valence-corrected chi connectivity index (χ0v) is 10.4. The molecule has 88 valence electrons. The summed E-state index contributed by atoms with van der Waals surface area (Å²) in [6.07, 6.45) is -0.0964. The molecule has 0 aliphatic rings. The van der Waals surface area contributed by atoms with E-state index in [2.05, 4.69) is 0 Å². The molecule has 0 bridgehead atoms. The van der Waals surface area contributed by atoms with Crippen LogP contribution in [0.15, 0.2) is 36.4 Å². The molecule has 2 aromatic rings. The van der Waals surface area contributed by atoms with Crippen molar-refractivity contribution in [1.82, 2.24) is 0 Å². The van der Waals surface area contributed by atoms with E-state index >= 15 is 0 Å². The molecule has 0 saturated heterocycles. The Balaban J connectivity index is 2.58. The van der Waals surface area contributed by atoms with Crippen molar-refractivity contribution in [3.05, 3.63) is 47.5 Å². The van der Waals surface area contributed by atoms with E-state index in [4.69, 9.17) is 4.74 Å². The van der Waals surface area contributed by atoms with Crippen LogP contribution < -0.4 is 0 Å². The van der Waals surface area contributed by atoms with E-state index in [1.54, 1.807) is 0 Å². The highest BCUT2D eigenvalue weighted by atomic mass is 16.5. The molecule has 2 heteroatoms. The van der Waals surface area contributed by atoms with Crippen LogP contribution in [0.5, 0.6) is 0 Å². The minimum atomic E-state index is -0.241. The first-order valence-electron chi connectivity index (χ1n) is 5.79. The van der Waals surface area contributed by atoms with Crippen LogP contribution in [-0.4, -0.2) is 12.1 Å². The third-order valence-electron chi connectivity index (χ3n) is 2.68.